The van der Waals surface area contributed by atoms with Crippen LogP contribution in [0.3, 0.4) is 0 Å². The van der Waals surface area contributed by atoms with Crippen molar-refractivity contribution in [2.24, 2.45) is 0 Å². The first kappa shape index (κ1) is 16.4. The molecule has 1 saturated heterocycles. The zero-order chi connectivity index (χ0) is 13.9. The van der Waals surface area contributed by atoms with Gasteiger partial charge in [-0.2, -0.15) is 0 Å². The van der Waals surface area contributed by atoms with Crippen molar-refractivity contribution in [3.05, 3.63) is 23.3 Å². The molecule has 2 heterocycles. The molecule has 1 aromatic carbocycles. The van der Waals surface area contributed by atoms with Crippen molar-refractivity contribution in [2.45, 2.75) is 12.6 Å². The second-order valence-electron chi connectivity index (χ2n) is 5.03. The number of halogens is 1. The standard InChI is InChI=1S/C15H21NO4.ClH/c1-17-13-9-11-3-6-20-15(12(11)10-14(13)18-2)16-4-7-19-8-5-16;/h9-10,15H,3-8H2,1-2H3;1H. The summed E-state index contributed by atoms with van der Waals surface area (Å²) < 4.78 is 22.2. The van der Waals surface area contributed by atoms with E-state index in [1.54, 1.807) is 14.2 Å². The van der Waals surface area contributed by atoms with Gasteiger partial charge in [0.2, 0.25) is 0 Å². The quantitative estimate of drug-likeness (QED) is 0.853. The van der Waals surface area contributed by atoms with E-state index in [2.05, 4.69) is 11.0 Å². The molecule has 0 N–H and O–H groups in total. The predicted molar refractivity (Wildman–Crippen MR) is 81.6 cm³/mol. The van der Waals surface area contributed by atoms with Crippen LogP contribution in [0.1, 0.15) is 17.4 Å². The van der Waals surface area contributed by atoms with Crippen LogP contribution in [0.5, 0.6) is 11.5 Å². The minimum atomic E-state index is 0. The summed E-state index contributed by atoms with van der Waals surface area (Å²) >= 11 is 0. The van der Waals surface area contributed by atoms with Gasteiger partial charge in [-0.1, -0.05) is 0 Å². The van der Waals surface area contributed by atoms with Crippen LogP contribution in [0, 0.1) is 0 Å². The lowest BCUT2D eigenvalue weighted by Crippen LogP contribution is -2.41. The summed E-state index contributed by atoms with van der Waals surface area (Å²) in [6.07, 6.45) is 0.915. The van der Waals surface area contributed by atoms with E-state index in [9.17, 15) is 0 Å². The van der Waals surface area contributed by atoms with Gasteiger partial charge in [0.1, 0.15) is 6.23 Å². The maximum absolute atomic E-state index is 5.99. The van der Waals surface area contributed by atoms with E-state index in [4.69, 9.17) is 18.9 Å². The second-order valence-corrected chi connectivity index (χ2v) is 5.03. The summed E-state index contributed by atoms with van der Waals surface area (Å²) in [4.78, 5) is 2.33. The third-order valence-electron chi connectivity index (χ3n) is 3.94. The van der Waals surface area contributed by atoms with Gasteiger partial charge in [0.15, 0.2) is 11.5 Å². The average molecular weight is 316 g/mol. The number of morpholine rings is 1. The molecule has 0 radical (unpaired) electrons. The summed E-state index contributed by atoms with van der Waals surface area (Å²) in [7, 11) is 3.33. The normalized spacial score (nSPS) is 22.1. The van der Waals surface area contributed by atoms with Gasteiger partial charge in [-0.05, 0) is 24.1 Å². The van der Waals surface area contributed by atoms with Gasteiger partial charge in [0, 0.05) is 18.7 Å². The largest absolute Gasteiger partial charge is 0.493 e. The van der Waals surface area contributed by atoms with Crippen molar-refractivity contribution in [1.82, 2.24) is 4.90 Å². The minimum absolute atomic E-state index is 0. The molecule has 5 nitrogen and oxygen atoms in total. The molecule has 2 aliphatic heterocycles. The van der Waals surface area contributed by atoms with Gasteiger partial charge in [0.25, 0.3) is 0 Å². The molecular formula is C15H22ClNO4. The van der Waals surface area contributed by atoms with Crippen molar-refractivity contribution in [3.8, 4) is 11.5 Å². The third kappa shape index (κ3) is 3.26. The van der Waals surface area contributed by atoms with E-state index in [1.807, 2.05) is 6.07 Å². The predicted octanol–water partition coefficient (Wildman–Crippen LogP) is 2.03. The van der Waals surface area contributed by atoms with E-state index in [1.165, 1.54) is 11.1 Å². The number of benzene rings is 1. The molecule has 1 unspecified atom stereocenters. The Morgan fingerprint density at radius 1 is 1.05 bits per heavy atom. The molecule has 0 spiro atoms. The number of hydrogen-bond donors (Lipinski definition) is 0. The Hall–Kier alpha value is -1.01. The van der Waals surface area contributed by atoms with E-state index < -0.39 is 0 Å². The molecule has 0 saturated carbocycles. The first-order valence-corrected chi connectivity index (χ1v) is 7.01. The number of methoxy groups -OCH3 is 2. The summed E-state index contributed by atoms with van der Waals surface area (Å²) in [5.41, 5.74) is 2.47. The van der Waals surface area contributed by atoms with Crippen molar-refractivity contribution >= 4 is 12.4 Å². The Labute approximate surface area is 131 Å². The summed E-state index contributed by atoms with van der Waals surface area (Å²) in [5, 5.41) is 0. The van der Waals surface area contributed by atoms with Gasteiger partial charge < -0.3 is 18.9 Å². The molecule has 0 bridgehead atoms. The zero-order valence-electron chi connectivity index (χ0n) is 12.5. The molecule has 1 fully saturated rings. The SMILES string of the molecule is COc1cc2c(cc1OC)C(N1CCOCC1)OCC2.Cl. The number of hydrogen-bond acceptors (Lipinski definition) is 5. The fourth-order valence-corrected chi connectivity index (χ4v) is 2.87. The smallest absolute Gasteiger partial charge is 0.161 e. The molecule has 21 heavy (non-hydrogen) atoms. The van der Waals surface area contributed by atoms with Gasteiger partial charge in [-0.25, -0.2) is 0 Å². The number of fused-ring (bicyclic) bond motifs is 1. The first-order chi connectivity index (χ1) is 9.83. The molecular weight excluding hydrogens is 294 g/mol. The van der Waals surface area contributed by atoms with Crippen molar-refractivity contribution in [2.75, 3.05) is 47.1 Å². The van der Waals surface area contributed by atoms with Crippen LogP contribution in [-0.4, -0.2) is 52.0 Å². The molecule has 1 aromatic rings. The van der Waals surface area contributed by atoms with Crippen molar-refractivity contribution in [3.63, 3.8) is 0 Å². The van der Waals surface area contributed by atoms with E-state index in [-0.39, 0.29) is 18.6 Å². The average Bonchev–Trinajstić information content (AvgIpc) is 2.53. The van der Waals surface area contributed by atoms with E-state index in [0.29, 0.717) is 0 Å². The Kier molecular flexibility index (Phi) is 5.70. The zero-order valence-corrected chi connectivity index (χ0v) is 13.3. The van der Waals surface area contributed by atoms with Gasteiger partial charge in [-0.3, -0.25) is 4.90 Å². The fourth-order valence-electron chi connectivity index (χ4n) is 2.87. The van der Waals surface area contributed by atoms with Gasteiger partial charge in [-0.15, -0.1) is 12.4 Å². The highest BCUT2D eigenvalue weighted by Crippen LogP contribution is 2.38. The highest BCUT2D eigenvalue weighted by Gasteiger charge is 2.29. The molecule has 0 amide bonds. The van der Waals surface area contributed by atoms with E-state index >= 15 is 0 Å². The molecule has 0 aliphatic carbocycles. The van der Waals surface area contributed by atoms with Crippen LogP contribution >= 0.6 is 12.4 Å². The summed E-state index contributed by atoms with van der Waals surface area (Å²) in [6, 6.07) is 4.12. The first-order valence-electron chi connectivity index (χ1n) is 7.01. The number of nitrogens with zero attached hydrogens (tertiary/aromatic N) is 1. The Morgan fingerprint density at radius 3 is 2.38 bits per heavy atom. The van der Waals surface area contributed by atoms with Crippen LogP contribution in [-0.2, 0) is 15.9 Å². The molecule has 2 aliphatic rings. The van der Waals surface area contributed by atoms with E-state index in [0.717, 1.165) is 50.8 Å². The van der Waals surface area contributed by atoms with Gasteiger partial charge in [0.05, 0.1) is 34.0 Å². The fraction of sp³-hybridized carbons (Fsp3) is 0.600. The van der Waals surface area contributed by atoms with Crippen LogP contribution in [0.4, 0.5) is 0 Å². The maximum atomic E-state index is 5.99. The second kappa shape index (κ2) is 7.31. The number of ether oxygens (including phenoxy) is 4. The Balaban J connectivity index is 0.00000161. The Morgan fingerprint density at radius 2 is 1.71 bits per heavy atom. The highest BCUT2D eigenvalue weighted by atomic mass is 35.5. The minimum Gasteiger partial charge on any atom is -0.493 e. The van der Waals surface area contributed by atoms with Crippen LogP contribution in [0.15, 0.2) is 12.1 Å². The molecule has 1 atom stereocenters. The molecule has 3 rings (SSSR count). The van der Waals surface area contributed by atoms with Crippen molar-refractivity contribution < 1.29 is 18.9 Å². The Bertz CT molecular complexity index is 477. The van der Waals surface area contributed by atoms with Crippen molar-refractivity contribution in [1.29, 1.82) is 0 Å². The van der Waals surface area contributed by atoms with Crippen LogP contribution in [0.25, 0.3) is 0 Å². The highest BCUT2D eigenvalue weighted by molar-refractivity contribution is 5.85. The number of rotatable bonds is 3. The molecule has 0 aromatic heterocycles. The lowest BCUT2D eigenvalue weighted by atomic mass is 9.99. The van der Waals surface area contributed by atoms with Gasteiger partial charge >= 0.3 is 0 Å². The van der Waals surface area contributed by atoms with Crippen LogP contribution < -0.4 is 9.47 Å². The monoisotopic (exact) mass is 315 g/mol. The molecule has 118 valence electrons. The summed E-state index contributed by atoms with van der Waals surface area (Å²) in [5.74, 6) is 1.55. The topological polar surface area (TPSA) is 40.2 Å². The third-order valence-corrected chi connectivity index (χ3v) is 3.94. The molecule has 6 heteroatoms. The maximum Gasteiger partial charge on any atom is 0.161 e. The lowest BCUT2D eigenvalue weighted by Gasteiger charge is -2.37. The van der Waals surface area contributed by atoms with Crippen LogP contribution in [0.2, 0.25) is 0 Å². The summed E-state index contributed by atoms with van der Waals surface area (Å²) in [6.45, 7) is 4.08. The lowest BCUT2D eigenvalue weighted by molar-refractivity contribution is -0.105.